The third-order valence-electron chi connectivity index (χ3n) is 24.8. The second-order valence-corrected chi connectivity index (χ2v) is 33.1. The fourth-order valence-electron chi connectivity index (χ4n) is 19.0. The molecule has 20 aromatic rings. The molecule has 0 amide bonds. The lowest BCUT2D eigenvalue weighted by Gasteiger charge is -2.46. The standard InChI is InChI=1S/C116H82BN3/c1-116(2,3)97-67-92-51-49-90-65-94(66-91-50-52-93(68-97)112(92)111(90)91)89-58-64-108-106(74-89)117-105-73-88(79-35-17-6-18-36-79)57-63-107(105)119(114-101(84-41-23-9-24-42-84)69-95(80-37-19-7-20-38-80)70-102(114)85-43-25-10-26-44-85)109-75-100(118(98-59-53-82(54-60-98)77-31-13-4-14-32-77)99-61-55-83(56-62-99)78-33-15-5-16-34-78)76-110(113(109)117)120(108)115-103(86-45-27-11-28-46-86)71-96(81-39-21-8-22-40-81)72-104(115)87-47-29-12-30-48-87/h4-76H,1-3H3. The Morgan fingerprint density at radius 1 is 0.208 bits per heavy atom. The van der Waals surface area contributed by atoms with Gasteiger partial charge in [0.05, 0.1) is 17.1 Å². The van der Waals surface area contributed by atoms with E-state index >= 15 is 0 Å². The highest BCUT2D eigenvalue weighted by molar-refractivity contribution is 7.00. The molecule has 3 nitrogen and oxygen atoms in total. The van der Waals surface area contributed by atoms with Gasteiger partial charge in [0, 0.05) is 56.4 Å². The summed E-state index contributed by atoms with van der Waals surface area (Å²) >= 11 is 0. The predicted octanol–water partition coefficient (Wildman–Crippen LogP) is 30.1. The van der Waals surface area contributed by atoms with E-state index in [4.69, 9.17) is 0 Å². The van der Waals surface area contributed by atoms with Crippen molar-refractivity contribution in [3.05, 3.63) is 448 Å². The summed E-state index contributed by atoms with van der Waals surface area (Å²) in [6.45, 7) is 6.60. The first-order valence-electron chi connectivity index (χ1n) is 41.8. The van der Waals surface area contributed by atoms with Crippen molar-refractivity contribution in [3.8, 4) is 111 Å². The van der Waals surface area contributed by atoms with Crippen LogP contribution in [0.15, 0.2) is 443 Å². The van der Waals surface area contributed by atoms with Crippen molar-refractivity contribution in [2.45, 2.75) is 26.2 Å². The van der Waals surface area contributed by atoms with E-state index in [1.165, 1.54) is 54.3 Å². The molecule has 0 radical (unpaired) electrons. The maximum atomic E-state index is 2.71. The van der Waals surface area contributed by atoms with Crippen molar-refractivity contribution in [2.24, 2.45) is 0 Å². The molecule has 20 aromatic carbocycles. The van der Waals surface area contributed by atoms with Crippen LogP contribution in [0.4, 0.5) is 51.2 Å². The van der Waals surface area contributed by atoms with E-state index in [1.807, 2.05) is 0 Å². The lowest BCUT2D eigenvalue weighted by Crippen LogP contribution is -2.61. The van der Waals surface area contributed by atoms with E-state index in [2.05, 4.69) is 478 Å². The van der Waals surface area contributed by atoms with Crippen molar-refractivity contribution in [2.75, 3.05) is 14.7 Å². The van der Waals surface area contributed by atoms with E-state index < -0.39 is 0 Å². The van der Waals surface area contributed by atoms with Gasteiger partial charge in [-0.2, -0.15) is 0 Å². The molecule has 4 heteroatoms. The molecule has 2 aliphatic heterocycles. The van der Waals surface area contributed by atoms with Crippen LogP contribution in [-0.2, 0) is 5.41 Å². The first-order valence-corrected chi connectivity index (χ1v) is 41.8. The molecular formula is C116H82BN3. The second-order valence-electron chi connectivity index (χ2n) is 33.1. The number of benzene rings is 20. The van der Waals surface area contributed by atoms with Crippen molar-refractivity contribution in [3.63, 3.8) is 0 Å². The highest BCUT2D eigenvalue weighted by atomic mass is 15.2. The van der Waals surface area contributed by atoms with Gasteiger partial charge in [0.2, 0.25) is 0 Å². The van der Waals surface area contributed by atoms with Crippen molar-refractivity contribution in [1.29, 1.82) is 0 Å². The lowest BCUT2D eigenvalue weighted by molar-refractivity contribution is 0.591. The molecule has 2 aliphatic rings. The largest absolute Gasteiger partial charge is 0.310 e. The molecule has 120 heavy (non-hydrogen) atoms. The maximum Gasteiger partial charge on any atom is 0.252 e. The smallest absolute Gasteiger partial charge is 0.252 e. The molecule has 0 unspecified atom stereocenters. The Hall–Kier alpha value is -15.1. The van der Waals surface area contributed by atoms with Gasteiger partial charge in [-0.3, -0.25) is 0 Å². The quantitative estimate of drug-likeness (QED) is 0.0748. The molecule has 0 N–H and O–H groups in total. The SMILES string of the molecule is CC(C)(C)c1cc2ccc3cc(-c4ccc5c(c4)B4c6cc(-c7ccccc7)ccc6N(c6c(-c7ccccc7)cc(-c7ccccc7)cc6-c6ccccc6)c6cc(N(c7ccc(-c8ccccc8)cc7)c7ccc(-c8ccccc8)cc7)cc(c64)N5c4c(-c5ccccc5)cc(-c5ccccc5)cc4-c4ccccc4)cc4ccc(c1)c2c34. The summed E-state index contributed by atoms with van der Waals surface area (Å²) in [6.07, 6.45) is 0. The second kappa shape index (κ2) is 29.6. The van der Waals surface area contributed by atoms with Crippen LogP contribution in [-0.4, -0.2) is 6.71 Å². The van der Waals surface area contributed by atoms with Crippen LogP contribution >= 0.6 is 0 Å². The summed E-state index contributed by atoms with van der Waals surface area (Å²) in [5, 5.41) is 7.63. The molecule has 0 spiro atoms. The minimum absolute atomic E-state index is 0.00218. The van der Waals surface area contributed by atoms with Crippen LogP contribution in [0.5, 0.6) is 0 Å². The topological polar surface area (TPSA) is 9.72 Å². The Labute approximate surface area is 702 Å². The van der Waals surface area contributed by atoms with Crippen molar-refractivity contribution >= 4 is 107 Å². The third kappa shape index (κ3) is 12.6. The third-order valence-corrected chi connectivity index (χ3v) is 24.8. The normalized spacial score (nSPS) is 12.2. The molecule has 0 saturated heterocycles. The van der Waals surface area contributed by atoms with Gasteiger partial charge in [-0.05, 0) is 234 Å². The number of rotatable bonds is 15. The monoisotopic (exact) mass is 1530 g/mol. The minimum Gasteiger partial charge on any atom is -0.310 e. The molecule has 2 heterocycles. The van der Waals surface area contributed by atoms with Crippen molar-refractivity contribution < 1.29 is 0 Å². The number of fused-ring (bicyclic) bond motifs is 4. The number of hydrogen-bond donors (Lipinski definition) is 0. The van der Waals surface area contributed by atoms with Gasteiger partial charge in [-0.25, -0.2) is 0 Å². The number of anilines is 9. The molecule has 0 aliphatic carbocycles. The van der Waals surface area contributed by atoms with Gasteiger partial charge < -0.3 is 14.7 Å². The number of hydrogen-bond acceptors (Lipinski definition) is 3. The van der Waals surface area contributed by atoms with Crippen LogP contribution in [0, 0.1) is 0 Å². The summed E-state index contributed by atoms with van der Waals surface area (Å²) in [5.41, 5.74) is 36.9. The van der Waals surface area contributed by atoms with E-state index in [0.29, 0.717) is 0 Å². The molecular weight excluding hydrogens is 1450 g/mol. The van der Waals surface area contributed by atoms with Crippen LogP contribution < -0.4 is 31.1 Å². The zero-order valence-electron chi connectivity index (χ0n) is 67.1. The van der Waals surface area contributed by atoms with Gasteiger partial charge in [0.15, 0.2) is 0 Å². The molecule has 22 rings (SSSR count). The van der Waals surface area contributed by atoms with Crippen molar-refractivity contribution in [1.82, 2.24) is 0 Å². The summed E-state index contributed by atoms with van der Waals surface area (Å²) in [4.78, 5) is 7.92. The van der Waals surface area contributed by atoms with Crippen LogP contribution in [0.25, 0.3) is 144 Å². The molecule has 0 saturated carbocycles. The molecule has 0 fully saturated rings. The summed E-state index contributed by atoms with van der Waals surface area (Å²) in [5.74, 6) is 0. The lowest BCUT2D eigenvalue weighted by atomic mass is 9.33. The Bertz CT molecular complexity index is 6950. The zero-order valence-corrected chi connectivity index (χ0v) is 67.1. The van der Waals surface area contributed by atoms with E-state index in [0.717, 1.165) is 162 Å². The fourth-order valence-corrected chi connectivity index (χ4v) is 19.0. The molecule has 0 aromatic heterocycles. The first-order chi connectivity index (χ1) is 59.1. The number of nitrogens with zero attached hydrogens (tertiary/aromatic N) is 3. The van der Waals surface area contributed by atoms with E-state index in [-0.39, 0.29) is 12.1 Å². The van der Waals surface area contributed by atoms with Gasteiger partial charge in [0.1, 0.15) is 0 Å². The van der Waals surface area contributed by atoms with Gasteiger partial charge in [-0.15, -0.1) is 0 Å². The predicted molar refractivity (Wildman–Crippen MR) is 512 cm³/mol. The zero-order chi connectivity index (χ0) is 79.9. The molecule has 564 valence electrons. The molecule has 0 atom stereocenters. The summed E-state index contributed by atoms with van der Waals surface area (Å²) in [6, 6.07) is 167. The Balaban J connectivity index is 0.908. The van der Waals surface area contributed by atoms with Gasteiger partial charge in [-0.1, -0.05) is 379 Å². The minimum atomic E-state index is -0.357. The average Bonchev–Trinajstić information content (AvgIpc) is 0.684. The fraction of sp³-hybridized carbons (Fsp3) is 0.0345. The van der Waals surface area contributed by atoms with Gasteiger partial charge >= 0.3 is 0 Å². The summed E-state index contributed by atoms with van der Waals surface area (Å²) < 4.78 is 0. The van der Waals surface area contributed by atoms with E-state index in [9.17, 15) is 0 Å². The Morgan fingerprint density at radius 3 is 0.783 bits per heavy atom. The molecule has 0 bridgehead atoms. The van der Waals surface area contributed by atoms with E-state index in [1.54, 1.807) is 0 Å². The highest BCUT2D eigenvalue weighted by Crippen LogP contribution is 2.57. The van der Waals surface area contributed by atoms with Crippen LogP contribution in [0.3, 0.4) is 0 Å². The maximum absolute atomic E-state index is 2.71. The van der Waals surface area contributed by atoms with Crippen LogP contribution in [0.1, 0.15) is 26.3 Å². The Kier molecular flexibility index (Phi) is 17.6. The average molecular weight is 1530 g/mol. The highest BCUT2D eigenvalue weighted by Gasteiger charge is 2.46. The Morgan fingerprint density at radius 2 is 0.467 bits per heavy atom. The van der Waals surface area contributed by atoms with Crippen LogP contribution in [0.2, 0.25) is 0 Å². The first kappa shape index (κ1) is 71.4. The summed E-state index contributed by atoms with van der Waals surface area (Å²) in [7, 11) is 0. The van der Waals surface area contributed by atoms with Gasteiger partial charge in [0.25, 0.3) is 6.71 Å².